The van der Waals surface area contributed by atoms with Crippen molar-refractivity contribution in [2.24, 2.45) is 0 Å². The lowest BCUT2D eigenvalue weighted by molar-refractivity contribution is -0.379. The van der Waals surface area contributed by atoms with Crippen LogP contribution in [0.15, 0.2) is 24.3 Å². The quantitative estimate of drug-likeness (QED) is 0.0222. The molecule has 476 valence electrons. The van der Waals surface area contributed by atoms with Crippen LogP contribution in [-0.4, -0.2) is 193 Å². The van der Waals surface area contributed by atoms with Gasteiger partial charge in [-0.1, -0.05) is 218 Å². The lowest BCUT2D eigenvalue weighted by atomic mass is 9.96. The summed E-state index contributed by atoms with van der Waals surface area (Å²) in [5, 5.41) is 120. The number of unbranched alkanes of at least 4 members (excludes halogenated alkanes) is 30. The number of allylic oxidation sites excluding steroid dienone is 3. The number of hydrogen-bond donors (Lipinski definition) is 12. The van der Waals surface area contributed by atoms with E-state index in [1.165, 1.54) is 161 Å². The van der Waals surface area contributed by atoms with E-state index in [4.69, 9.17) is 28.4 Å². The normalized spacial score (nSPS) is 29.9. The van der Waals surface area contributed by atoms with Crippen molar-refractivity contribution < 1.29 is 89.4 Å². The number of hydrogen-bond acceptors (Lipinski definition) is 18. The van der Waals surface area contributed by atoms with Crippen LogP contribution in [0, 0.1) is 0 Å². The fourth-order valence-corrected chi connectivity index (χ4v) is 11.0. The van der Waals surface area contributed by atoms with Gasteiger partial charge in [-0.25, -0.2) is 0 Å². The molecule has 3 heterocycles. The number of carbonyl (C=O) groups excluding carboxylic acids is 1. The number of aliphatic hydroxyl groups excluding tert-OH is 11. The molecule has 0 aliphatic carbocycles. The summed E-state index contributed by atoms with van der Waals surface area (Å²) in [6, 6.07) is -0.985. The number of amides is 1. The summed E-state index contributed by atoms with van der Waals surface area (Å²) in [5.41, 5.74) is 0. The second kappa shape index (κ2) is 45.6. The zero-order valence-corrected chi connectivity index (χ0v) is 49.8. The molecule has 3 aliphatic heterocycles. The van der Waals surface area contributed by atoms with E-state index in [0.717, 1.165) is 38.5 Å². The van der Waals surface area contributed by atoms with Gasteiger partial charge in [0, 0.05) is 6.42 Å². The highest BCUT2D eigenvalue weighted by Gasteiger charge is 2.53. The monoisotopic (exact) mass is 1160 g/mol. The molecule has 17 atom stereocenters. The van der Waals surface area contributed by atoms with Crippen molar-refractivity contribution in [3.63, 3.8) is 0 Å². The Morgan fingerprint density at radius 2 is 0.790 bits per heavy atom. The van der Waals surface area contributed by atoms with Crippen molar-refractivity contribution >= 4 is 5.91 Å². The fraction of sp³-hybridized carbons (Fsp3) is 0.919. The highest BCUT2D eigenvalue weighted by Crippen LogP contribution is 2.33. The maximum Gasteiger partial charge on any atom is 0.220 e. The van der Waals surface area contributed by atoms with Crippen LogP contribution in [0.2, 0.25) is 0 Å². The largest absolute Gasteiger partial charge is 0.394 e. The van der Waals surface area contributed by atoms with Gasteiger partial charge >= 0.3 is 0 Å². The molecule has 19 heteroatoms. The van der Waals surface area contributed by atoms with Crippen molar-refractivity contribution in [3.05, 3.63) is 24.3 Å². The Morgan fingerprint density at radius 3 is 1.23 bits per heavy atom. The molecule has 0 saturated carbocycles. The predicted octanol–water partition coefficient (Wildman–Crippen LogP) is 6.71. The van der Waals surface area contributed by atoms with Crippen molar-refractivity contribution in [2.45, 2.75) is 336 Å². The molecule has 0 bridgehead atoms. The van der Waals surface area contributed by atoms with E-state index in [1.54, 1.807) is 6.08 Å². The van der Waals surface area contributed by atoms with Gasteiger partial charge in [0.1, 0.15) is 73.2 Å². The summed E-state index contributed by atoms with van der Waals surface area (Å²) < 4.78 is 34.3. The second-order valence-electron chi connectivity index (χ2n) is 23.2. The van der Waals surface area contributed by atoms with Crippen LogP contribution in [0.1, 0.15) is 232 Å². The standard InChI is InChI=1S/C62H115NO18/c1-3-5-7-9-11-13-15-17-19-20-21-22-23-24-26-27-29-31-33-35-37-39-46(67)45(63-50(68)40-38-36-34-32-30-28-25-18-16-14-12-10-8-6-4-2)44-76-60-56(74)53(71)58(48(42-65)78-60)81-62-57(75)54(72)59(49(43-66)79-62)80-61-55(73)52(70)51(69)47(41-64)77-61/h29,31,37,39,45-49,51-62,64-67,69-75H,3-28,30,32-36,38,40-44H2,1-2H3,(H,63,68)/b31-29+,39-37+. The van der Waals surface area contributed by atoms with Gasteiger partial charge in [-0.15, -0.1) is 0 Å². The van der Waals surface area contributed by atoms with Gasteiger partial charge < -0.3 is 89.9 Å². The van der Waals surface area contributed by atoms with Gasteiger partial charge in [-0.3, -0.25) is 4.79 Å². The van der Waals surface area contributed by atoms with Crippen LogP contribution < -0.4 is 5.32 Å². The summed E-state index contributed by atoms with van der Waals surface area (Å²) in [6.07, 6.45) is 21.6. The van der Waals surface area contributed by atoms with Crippen molar-refractivity contribution in [2.75, 3.05) is 26.4 Å². The lowest BCUT2D eigenvalue weighted by Gasteiger charge is -2.48. The third-order valence-electron chi connectivity index (χ3n) is 16.3. The Kier molecular flexibility index (Phi) is 41.4. The lowest BCUT2D eigenvalue weighted by Crippen LogP contribution is -2.66. The van der Waals surface area contributed by atoms with E-state index >= 15 is 0 Å². The molecule has 3 saturated heterocycles. The Bertz CT molecular complexity index is 1580. The van der Waals surface area contributed by atoms with Gasteiger partial charge in [-0.2, -0.15) is 0 Å². The first-order valence-electron chi connectivity index (χ1n) is 32.1. The molecule has 0 aromatic carbocycles. The second-order valence-corrected chi connectivity index (χ2v) is 23.2. The number of nitrogens with one attached hydrogen (secondary N) is 1. The first-order valence-corrected chi connectivity index (χ1v) is 32.1. The van der Waals surface area contributed by atoms with Crippen LogP contribution >= 0.6 is 0 Å². The molecule has 0 spiro atoms. The van der Waals surface area contributed by atoms with Crippen LogP contribution in [0.4, 0.5) is 0 Å². The average Bonchev–Trinajstić information content (AvgIpc) is 3.51. The zero-order valence-electron chi connectivity index (χ0n) is 49.8. The number of rotatable bonds is 48. The van der Waals surface area contributed by atoms with E-state index in [1.807, 2.05) is 6.08 Å². The van der Waals surface area contributed by atoms with Crippen LogP contribution in [-0.2, 0) is 33.2 Å². The number of ether oxygens (including phenoxy) is 6. The third kappa shape index (κ3) is 29.0. The summed E-state index contributed by atoms with van der Waals surface area (Å²) in [5.74, 6) is -0.283. The highest BCUT2D eigenvalue weighted by atomic mass is 16.8. The minimum atomic E-state index is -1.98. The van der Waals surface area contributed by atoms with Gasteiger partial charge in [0.05, 0.1) is 38.6 Å². The first-order chi connectivity index (χ1) is 39.3. The molecule has 3 aliphatic rings. The summed E-state index contributed by atoms with van der Waals surface area (Å²) in [7, 11) is 0. The Morgan fingerprint density at radius 1 is 0.432 bits per heavy atom. The van der Waals surface area contributed by atoms with Crippen LogP contribution in [0.25, 0.3) is 0 Å². The molecule has 0 radical (unpaired) electrons. The number of carbonyl (C=O) groups is 1. The molecule has 0 aromatic heterocycles. The first kappa shape index (κ1) is 73.5. The van der Waals surface area contributed by atoms with E-state index in [-0.39, 0.29) is 18.9 Å². The maximum absolute atomic E-state index is 13.3. The smallest absolute Gasteiger partial charge is 0.220 e. The topological polar surface area (TPSA) is 307 Å². The van der Waals surface area contributed by atoms with Gasteiger partial charge in [0.25, 0.3) is 0 Å². The molecule has 3 rings (SSSR count). The molecular formula is C62H115NO18. The van der Waals surface area contributed by atoms with Crippen LogP contribution in [0.5, 0.6) is 0 Å². The van der Waals surface area contributed by atoms with Gasteiger partial charge in [0.15, 0.2) is 18.9 Å². The summed E-state index contributed by atoms with van der Waals surface area (Å²) in [6.45, 7) is 1.72. The molecule has 0 aromatic rings. The minimum absolute atomic E-state index is 0.240. The van der Waals surface area contributed by atoms with E-state index < -0.39 is 124 Å². The summed E-state index contributed by atoms with van der Waals surface area (Å²) in [4.78, 5) is 13.3. The van der Waals surface area contributed by atoms with Gasteiger partial charge in [-0.05, 0) is 32.1 Å². The zero-order chi connectivity index (χ0) is 59.0. The van der Waals surface area contributed by atoms with Crippen molar-refractivity contribution in [1.29, 1.82) is 0 Å². The van der Waals surface area contributed by atoms with Crippen molar-refractivity contribution in [1.82, 2.24) is 5.32 Å². The Hall–Kier alpha value is -1.73. The third-order valence-corrected chi connectivity index (χ3v) is 16.3. The molecule has 19 nitrogen and oxygen atoms in total. The molecule has 17 unspecified atom stereocenters. The molecule has 81 heavy (non-hydrogen) atoms. The fourth-order valence-electron chi connectivity index (χ4n) is 11.0. The average molecular weight is 1160 g/mol. The number of aliphatic hydroxyl groups is 11. The SMILES string of the molecule is CCCCCCCCCCCCCCCCC/C=C/CC/C=C/C(O)C(COC1OC(CO)C(OC2OC(CO)C(OC3OC(CO)C(O)C(O)C3O)C(O)C2O)C(O)C1O)NC(=O)CCCCCCCCCCCCCCCCC. The highest BCUT2D eigenvalue weighted by molar-refractivity contribution is 5.76. The Balaban J connectivity index is 1.49. The van der Waals surface area contributed by atoms with E-state index in [2.05, 4.69) is 31.3 Å². The molecular weight excluding hydrogens is 1050 g/mol. The van der Waals surface area contributed by atoms with E-state index in [9.17, 15) is 61.0 Å². The minimum Gasteiger partial charge on any atom is -0.394 e. The van der Waals surface area contributed by atoms with E-state index in [0.29, 0.717) is 12.8 Å². The Labute approximate surface area is 486 Å². The van der Waals surface area contributed by atoms with Crippen molar-refractivity contribution in [3.8, 4) is 0 Å². The molecule has 3 fully saturated rings. The molecule has 12 N–H and O–H groups in total. The summed E-state index contributed by atoms with van der Waals surface area (Å²) >= 11 is 0. The molecule has 1 amide bonds. The van der Waals surface area contributed by atoms with Crippen LogP contribution in [0.3, 0.4) is 0 Å². The maximum atomic E-state index is 13.3. The van der Waals surface area contributed by atoms with Gasteiger partial charge in [0.2, 0.25) is 5.91 Å². The predicted molar refractivity (Wildman–Crippen MR) is 310 cm³/mol.